The van der Waals surface area contributed by atoms with Crippen LogP contribution in [0.25, 0.3) is 0 Å². The predicted molar refractivity (Wildman–Crippen MR) is 63.7 cm³/mol. The van der Waals surface area contributed by atoms with Crippen LogP contribution in [0.5, 0.6) is 0 Å². The minimum atomic E-state index is -1.51. The third kappa shape index (κ3) is 3.41. The first-order valence-electron chi connectivity index (χ1n) is 5.25. The number of halogens is 2. The van der Waals surface area contributed by atoms with Gasteiger partial charge in [-0.05, 0) is 24.6 Å². The molecule has 0 saturated heterocycles. The number of carbonyl (C=O) groups excluding carboxylic acids is 1. The van der Waals surface area contributed by atoms with E-state index in [9.17, 15) is 19.4 Å². The van der Waals surface area contributed by atoms with Gasteiger partial charge in [0.05, 0.1) is 19.6 Å². The molecule has 2 N–H and O–H groups in total. The molecule has 0 saturated carbocycles. The number of methoxy groups -OCH3 is 1. The number of hydrogen-bond donors (Lipinski definition) is 2. The third-order valence-electron chi connectivity index (χ3n) is 2.56. The summed E-state index contributed by atoms with van der Waals surface area (Å²) in [5.41, 5.74) is 0.464. The second-order valence-corrected chi connectivity index (χ2v) is 4.32. The monoisotopic (exact) mass is 276 g/mol. The van der Waals surface area contributed by atoms with Crippen molar-refractivity contribution in [2.75, 3.05) is 7.11 Å². The van der Waals surface area contributed by atoms with Crippen LogP contribution in [0.4, 0.5) is 4.39 Å². The number of aryl methyl sites for hydroxylation is 1. The number of aliphatic hydroxyl groups is 2. The number of carbonyl (C=O) groups is 1. The molecule has 2 unspecified atom stereocenters. The molecule has 0 aliphatic rings. The maximum Gasteiger partial charge on any atom is 0.308 e. The van der Waals surface area contributed by atoms with Crippen molar-refractivity contribution in [3.05, 3.63) is 34.1 Å². The number of aliphatic hydroxyl groups excluding tert-OH is 2. The molecule has 0 fully saturated rings. The normalized spacial score (nSPS) is 14.1. The Hall–Kier alpha value is -1.17. The minimum absolute atomic E-state index is 0.103. The lowest BCUT2D eigenvalue weighted by Crippen LogP contribution is -2.23. The van der Waals surface area contributed by atoms with Crippen molar-refractivity contribution in [3.8, 4) is 0 Å². The molecular weight excluding hydrogens is 263 g/mol. The topological polar surface area (TPSA) is 66.8 Å². The molecule has 2 atom stereocenters. The Morgan fingerprint density at radius 2 is 2.11 bits per heavy atom. The van der Waals surface area contributed by atoms with Crippen LogP contribution in [-0.4, -0.2) is 29.4 Å². The van der Waals surface area contributed by atoms with Crippen LogP contribution in [0, 0.1) is 12.7 Å². The molecule has 100 valence electrons. The van der Waals surface area contributed by atoms with Gasteiger partial charge in [-0.15, -0.1) is 0 Å². The Morgan fingerprint density at radius 3 is 2.67 bits per heavy atom. The fraction of sp³-hybridized carbons (Fsp3) is 0.417. The second-order valence-electron chi connectivity index (χ2n) is 3.92. The summed E-state index contributed by atoms with van der Waals surface area (Å²) in [6.45, 7) is 1.64. The van der Waals surface area contributed by atoms with Crippen LogP contribution in [-0.2, 0) is 9.53 Å². The quantitative estimate of drug-likeness (QED) is 0.822. The lowest BCUT2D eigenvalue weighted by atomic mass is 10.00. The van der Waals surface area contributed by atoms with Crippen molar-refractivity contribution in [1.82, 2.24) is 0 Å². The Bertz CT molecular complexity index is 450. The first-order chi connectivity index (χ1) is 8.36. The predicted octanol–water partition coefficient (Wildman–Crippen LogP) is 1.74. The summed E-state index contributed by atoms with van der Waals surface area (Å²) in [5, 5.41) is 19.6. The van der Waals surface area contributed by atoms with Gasteiger partial charge in [0.1, 0.15) is 11.9 Å². The van der Waals surface area contributed by atoms with Crippen LogP contribution in [0.2, 0.25) is 5.02 Å². The van der Waals surface area contributed by atoms with E-state index in [-0.39, 0.29) is 10.6 Å². The Labute approximate surface area is 109 Å². The van der Waals surface area contributed by atoms with E-state index in [1.807, 2.05) is 0 Å². The van der Waals surface area contributed by atoms with E-state index in [2.05, 4.69) is 4.74 Å². The molecule has 1 aromatic carbocycles. The zero-order valence-corrected chi connectivity index (χ0v) is 10.7. The molecule has 0 amide bonds. The minimum Gasteiger partial charge on any atom is -0.469 e. The largest absolute Gasteiger partial charge is 0.469 e. The Kier molecular flexibility index (Phi) is 5.07. The SMILES string of the molecule is COC(=O)CC(O)C(O)c1cc(C)c(Cl)cc1F. The van der Waals surface area contributed by atoms with Gasteiger partial charge < -0.3 is 14.9 Å². The zero-order valence-electron chi connectivity index (χ0n) is 9.98. The molecule has 1 aromatic rings. The molecule has 0 heterocycles. The van der Waals surface area contributed by atoms with Crippen LogP contribution in [0.3, 0.4) is 0 Å². The Morgan fingerprint density at radius 1 is 1.50 bits per heavy atom. The van der Waals surface area contributed by atoms with Gasteiger partial charge in [-0.2, -0.15) is 0 Å². The molecule has 0 aliphatic carbocycles. The summed E-state index contributed by atoms with van der Waals surface area (Å²) in [5.74, 6) is -1.42. The lowest BCUT2D eigenvalue weighted by molar-refractivity contribution is -0.144. The highest BCUT2D eigenvalue weighted by Gasteiger charge is 2.25. The molecule has 0 radical (unpaired) electrons. The van der Waals surface area contributed by atoms with E-state index >= 15 is 0 Å². The molecule has 6 heteroatoms. The van der Waals surface area contributed by atoms with Crippen molar-refractivity contribution in [3.63, 3.8) is 0 Å². The van der Waals surface area contributed by atoms with E-state index in [0.717, 1.165) is 13.2 Å². The average molecular weight is 277 g/mol. The van der Waals surface area contributed by atoms with E-state index in [0.29, 0.717) is 5.56 Å². The summed E-state index contributed by atoms with van der Waals surface area (Å²) in [4.78, 5) is 11.0. The van der Waals surface area contributed by atoms with Gasteiger partial charge in [0.2, 0.25) is 0 Å². The fourth-order valence-electron chi connectivity index (χ4n) is 1.48. The fourth-order valence-corrected chi connectivity index (χ4v) is 1.63. The molecule has 0 aliphatic heterocycles. The van der Waals surface area contributed by atoms with Gasteiger partial charge in [0.15, 0.2) is 0 Å². The van der Waals surface area contributed by atoms with Gasteiger partial charge >= 0.3 is 5.97 Å². The molecule has 4 nitrogen and oxygen atoms in total. The Balaban J connectivity index is 2.93. The van der Waals surface area contributed by atoms with Crippen LogP contribution >= 0.6 is 11.6 Å². The van der Waals surface area contributed by atoms with Crippen LogP contribution in [0.15, 0.2) is 12.1 Å². The second kappa shape index (κ2) is 6.13. The van der Waals surface area contributed by atoms with Gasteiger partial charge in [-0.25, -0.2) is 4.39 Å². The summed E-state index contributed by atoms with van der Waals surface area (Å²) in [6.07, 6.45) is -3.37. The molecule has 0 spiro atoms. The highest BCUT2D eigenvalue weighted by Crippen LogP contribution is 2.27. The summed E-state index contributed by atoms with van der Waals surface area (Å²) in [6, 6.07) is 2.39. The van der Waals surface area contributed by atoms with Crippen molar-refractivity contribution in [2.24, 2.45) is 0 Å². The number of benzene rings is 1. The number of hydrogen-bond acceptors (Lipinski definition) is 4. The first kappa shape index (κ1) is 14.9. The number of ether oxygens (including phenoxy) is 1. The standard InChI is InChI=1S/C12H14ClFO4/c1-6-3-7(9(14)4-8(6)13)12(17)10(15)5-11(16)18-2/h3-4,10,12,15,17H,5H2,1-2H3. The summed E-state index contributed by atoms with van der Waals surface area (Å²) >= 11 is 5.72. The maximum absolute atomic E-state index is 13.6. The number of rotatable bonds is 4. The highest BCUT2D eigenvalue weighted by molar-refractivity contribution is 6.31. The van der Waals surface area contributed by atoms with Crippen molar-refractivity contribution in [1.29, 1.82) is 0 Å². The van der Waals surface area contributed by atoms with Crippen molar-refractivity contribution < 1.29 is 24.1 Å². The van der Waals surface area contributed by atoms with E-state index in [1.54, 1.807) is 6.92 Å². The van der Waals surface area contributed by atoms with Gasteiger partial charge in [-0.3, -0.25) is 4.79 Å². The molecule has 18 heavy (non-hydrogen) atoms. The highest BCUT2D eigenvalue weighted by atomic mass is 35.5. The lowest BCUT2D eigenvalue weighted by Gasteiger charge is -2.18. The molecule has 1 rings (SSSR count). The van der Waals surface area contributed by atoms with Crippen molar-refractivity contribution >= 4 is 17.6 Å². The third-order valence-corrected chi connectivity index (χ3v) is 2.97. The van der Waals surface area contributed by atoms with E-state index in [4.69, 9.17) is 11.6 Å². The summed E-state index contributed by atoms with van der Waals surface area (Å²) in [7, 11) is 1.16. The average Bonchev–Trinajstić information content (AvgIpc) is 2.32. The zero-order chi connectivity index (χ0) is 13.9. The van der Waals surface area contributed by atoms with Gasteiger partial charge in [-0.1, -0.05) is 11.6 Å². The van der Waals surface area contributed by atoms with Crippen LogP contribution in [0.1, 0.15) is 23.7 Å². The van der Waals surface area contributed by atoms with Crippen LogP contribution < -0.4 is 0 Å². The summed E-state index contributed by atoms with van der Waals surface area (Å²) < 4.78 is 17.9. The maximum atomic E-state index is 13.6. The van der Waals surface area contributed by atoms with E-state index < -0.39 is 30.4 Å². The van der Waals surface area contributed by atoms with Gasteiger partial charge in [0.25, 0.3) is 0 Å². The first-order valence-corrected chi connectivity index (χ1v) is 5.63. The molecule has 0 aromatic heterocycles. The van der Waals surface area contributed by atoms with Crippen molar-refractivity contribution in [2.45, 2.75) is 25.6 Å². The number of esters is 1. The molecular formula is C12H14ClFO4. The molecule has 0 bridgehead atoms. The smallest absolute Gasteiger partial charge is 0.308 e. The van der Waals surface area contributed by atoms with E-state index in [1.165, 1.54) is 6.07 Å². The van der Waals surface area contributed by atoms with Gasteiger partial charge in [0, 0.05) is 10.6 Å².